The van der Waals surface area contributed by atoms with E-state index in [1.807, 2.05) is 0 Å². The van der Waals surface area contributed by atoms with E-state index >= 15 is 0 Å². The molecule has 10 aromatic carbocycles. The maximum atomic E-state index is 2.47. The molecule has 60 heavy (non-hydrogen) atoms. The molecule has 0 spiro atoms. The number of hydrogen-bond acceptors (Lipinski definition) is 1. The fraction of sp³-hybridized carbons (Fsp3) is 0. The van der Waals surface area contributed by atoms with Gasteiger partial charge >= 0.3 is 0 Å². The van der Waals surface area contributed by atoms with Crippen molar-refractivity contribution in [3.8, 4) is 50.2 Å². The quantitative estimate of drug-likeness (QED) is 0.150. The molecule has 0 N–H and O–H groups in total. The van der Waals surface area contributed by atoms with Crippen LogP contribution in [0.5, 0.6) is 0 Å². The number of aromatic nitrogens is 1. The fourth-order valence-corrected chi connectivity index (χ4v) is 9.07. The molecule has 2 heteroatoms. The van der Waals surface area contributed by atoms with Gasteiger partial charge in [0.15, 0.2) is 0 Å². The van der Waals surface area contributed by atoms with Gasteiger partial charge in [-0.2, -0.15) is 0 Å². The number of hydrogen-bond donors (Lipinski definition) is 0. The summed E-state index contributed by atoms with van der Waals surface area (Å²) in [6.07, 6.45) is 0. The lowest BCUT2D eigenvalue weighted by Crippen LogP contribution is -2.12. The molecular weight excluding hydrogens is 725 g/mol. The number of benzene rings is 10. The molecule has 0 aliphatic rings. The van der Waals surface area contributed by atoms with Crippen LogP contribution in [0.1, 0.15) is 0 Å². The summed E-state index contributed by atoms with van der Waals surface area (Å²) in [6, 6.07) is 88.0. The van der Waals surface area contributed by atoms with Crippen molar-refractivity contribution in [2.24, 2.45) is 0 Å². The highest BCUT2D eigenvalue weighted by Crippen LogP contribution is 2.48. The minimum absolute atomic E-state index is 1.07. The molecule has 0 bridgehead atoms. The molecule has 11 rings (SSSR count). The molecule has 0 amide bonds. The van der Waals surface area contributed by atoms with Crippen LogP contribution in [0.15, 0.2) is 243 Å². The molecule has 282 valence electrons. The SMILES string of the molecule is c1ccc(-c2ccc(N(c3ccc4c5ccccc5n(-c5ccccc5-c5ccccc5)c4c3)c3ccc4ccccc4c3-c3ccccc3)cc2-c2ccccc2)cc1. The van der Waals surface area contributed by atoms with Gasteiger partial charge < -0.3 is 9.47 Å². The summed E-state index contributed by atoms with van der Waals surface area (Å²) < 4.78 is 2.46. The average Bonchev–Trinajstić information content (AvgIpc) is 3.66. The number of fused-ring (bicyclic) bond motifs is 4. The van der Waals surface area contributed by atoms with Crippen LogP contribution in [0.3, 0.4) is 0 Å². The van der Waals surface area contributed by atoms with E-state index in [2.05, 4.69) is 252 Å². The van der Waals surface area contributed by atoms with E-state index < -0.39 is 0 Å². The Hall–Kier alpha value is -7.94. The zero-order chi connectivity index (χ0) is 39.8. The molecular formula is C58H40N2. The number of para-hydroxylation sites is 2. The smallest absolute Gasteiger partial charge is 0.0562 e. The number of anilines is 3. The van der Waals surface area contributed by atoms with Crippen molar-refractivity contribution >= 4 is 49.6 Å². The lowest BCUT2D eigenvalue weighted by atomic mass is 9.92. The van der Waals surface area contributed by atoms with Gasteiger partial charge in [0.1, 0.15) is 0 Å². The molecule has 0 fully saturated rings. The molecule has 1 heterocycles. The Balaban J connectivity index is 1.22. The largest absolute Gasteiger partial charge is 0.310 e. The summed E-state index contributed by atoms with van der Waals surface area (Å²) in [7, 11) is 0. The highest BCUT2D eigenvalue weighted by molar-refractivity contribution is 6.12. The monoisotopic (exact) mass is 764 g/mol. The van der Waals surface area contributed by atoms with Gasteiger partial charge in [-0.15, -0.1) is 0 Å². The van der Waals surface area contributed by atoms with Gasteiger partial charge in [-0.3, -0.25) is 0 Å². The van der Waals surface area contributed by atoms with Crippen molar-refractivity contribution < 1.29 is 0 Å². The summed E-state index contributed by atoms with van der Waals surface area (Å²) in [5, 5.41) is 4.85. The fourth-order valence-electron chi connectivity index (χ4n) is 9.07. The molecule has 0 aliphatic carbocycles. The van der Waals surface area contributed by atoms with E-state index in [0.717, 1.165) is 28.3 Å². The van der Waals surface area contributed by atoms with Gasteiger partial charge in [0.2, 0.25) is 0 Å². The third-order valence-corrected chi connectivity index (χ3v) is 11.8. The lowest BCUT2D eigenvalue weighted by molar-refractivity contribution is 1.18. The van der Waals surface area contributed by atoms with Crippen LogP contribution in [0.25, 0.3) is 82.8 Å². The highest BCUT2D eigenvalue weighted by Gasteiger charge is 2.23. The Morgan fingerprint density at radius 2 is 0.817 bits per heavy atom. The molecule has 1 aromatic heterocycles. The van der Waals surface area contributed by atoms with Gasteiger partial charge in [0.05, 0.1) is 22.4 Å². The lowest BCUT2D eigenvalue weighted by Gasteiger charge is -2.30. The predicted octanol–water partition coefficient (Wildman–Crippen LogP) is 16.1. The molecule has 11 aromatic rings. The molecule has 0 unspecified atom stereocenters. The first-order valence-electron chi connectivity index (χ1n) is 20.6. The second kappa shape index (κ2) is 15.1. The molecule has 2 nitrogen and oxygen atoms in total. The van der Waals surface area contributed by atoms with Gasteiger partial charge in [-0.1, -0.05) is 200 Å². The Morgan fingerprint density at radius 1 is 0.300 bits per heavy atom. The Morgan fingerprint density at radius 3 is 1.53 bits per heavy atom. The van der Waals surface area contributed by atoms with Crippen molar-refractivity contribution in [1.29, 1.82) is 0 Å². The van der Waals surface area contributed by atoms with E-state index in [4.69, 9.17) is 0 Å². The summed E-state index contributed by atoms with van der Waals surface area (Å²) in [4.78, 5) is 2.47. The highest BCUT2D eigenvalue weighted by atomic mass is 15.1. The zero-order valence-electron chi connectivity index (χ0n) is 33.0. The van der Waals surface area contributed by atoms with Crippen molar-refractivity contribution in [3.05, 3.63) is 243 Å². The van der Waals surface area contributed by atoms with E-state index in [1.54, 1.807) is 0 Å². The van der Waals surface area contributed by atoms with Crippen molar-refractivity contribution in [1.82, 2.24) is 4.57 Å². The summed E-state index contributed by atoms with van der Waals surface area (Å²) >= 11 is 0. The summed E-state index contributed by atoms with van der Waals surface area (Å²) in [5.74, 6) is 0. The zero-order valence-corrected chi connectivity index (χ0v) is 33.0. The van der Waals surface area contributed by atoms with Gasteiger partial charge in [-0.05, 0) is 86.6 Å². The number of nitrogens with zero attached hydrogens (tertiary/aromatic N) is 2. The molecule has 0 aliphatic heterocycles. The van der Waals surface area contributed by atoms with Crippen LogP contribution in [0.2, 0.25) is 0 Å². The first-order valence-corrected chi connectivity index (χ1v) is 20.6. The molecule has 0 radical (unpaired) electrons. The standard InChI is InChI=1S/C58H40N2/c1-5-19-41(20-6-1)48-36-34-46(39-53(48)43-23-9-3-10-24-43)59(56-38-33-44-25-13-14-29-50(44)58(56)45-26-11-4-12-27-45)47-35-37-52-51-30-16-18-32-55(51)60(57(52)40-47)54-31-17-15-28-49(54)42-21-7-2-8-22-42/h1-40H. The van der Waals surface area contributed by atoms with Gasteiger partial charge in [0.25, 0.3) is 0 Å². The second-order valence-corrected chi connectivity index (χ2v) is 15.3. The molecule has 0 atom stereocenters. The number of rotatable bonds is 8. The van der Waals surface area contributed by atoms with Crippen LogP contribution in [0, 0.1) is 0 Å². The molecule has 0 saturated heterocycles. The minimum atomic E-state index is 1.07. The Labute approximate surface area is 350 Å². The van der Waals surface area contributed by atoms with Crippen LogP contribution < -0.4 is 4.90 Å². The first-order chi connectivity index (χ1) is 29.8. The molecule has 0 saturated carbocycles. The maximum Gasteiger partial charge on any atom is 0.0562 e. The van der Waals surface area contributed by atoms with Crippen LogP contribution in [-0.4, -0.2) is 4.57 Å². The van der Waals surface area contributed by atoms with E-state index in [-0.39, 0.29) is 0 Å². The van der Waals surface area contributed by atoms with Gasteiger partial charge in [0, 0.05) is 33.3 Å². The second-order valence-electron chi connectivity index (χ2n) is 15.3. The third-order valence-electron chi connectivity index (χ3n) is 11.8. The summed E-state index contributed by atoms with van der Waals surface area (Å²) in [5.41, 5.74) is 16.2. The van der Waals surface area contributed by atoms with Crippen LogP contribution >= 0.6 is 0 Å². The third kappa shape index (κ3) is 6.14. The average molecular weight is 765 g/mol. The van der Waals surface area contributed by atoms with E-state index in [9.17, 15) is 0 Å². The van der Waals surface area contributed by atoms with Crippen molar-refractivity contribution in [2.75, 3.05) is 4.90 Å². The normalized spacial score (nSPS) is 11.3. The minimum Gasteiger partial charge on any atom is -0.310 e. The Kier molecular flexibility index (Phi) is 8.87. The van der Waals surface area contributed by atoms with E-state index in [0.29, 0.717) is 0 Å². The van der Waals surface area contributed by atoms with Crippen LogP contribution in [-0.2, 0) is 0 Å². The Bertz CT molecular complexity index is 3300. The van der Waals surface area contributed by atoms with Crippen LogP contribution in [0.4, 0.5) is 17.1 Å². The predicted molar refractivity (Wildman–Crippen MR) is 255 cm³/mol. The van der Waals surface area contributed by atoms with Crippen molar-refractivity contribution in [3.63, 3.8) is 0 Å². The van der Waals surface area contributed by atoms with Crippen molar-refractivity contribution in [2.45, 2.75) is 0 Å². The maximum absolute atomic E-state index is 2.47. The first kappa shape index (κ1) is 35.2. The topological polar surface area (TPSA) is 8.17 Å². The summed E-state index contributed by atoms with van der Waals surface area (Å²) in [6.45, 7) is 0. The van der Waals surface area contributed by atoms with Gasteiger partial charge in [-0.25, -0.2) is 0 Å². The van der Waals surface area contributed by atoms with E-state index in [1.165, 1.54) is 71.6 Å².